The number of ketones is 2. The average molecular weight is 640 g/mol. The molecule has 0 radical (unpaired) electrons. The molecule has 0 aliphatic heterocycles. The summed E-state index contributed by atoms with van der Waals surface area (Å²) in [6.07, 6.45) is 1.92. The lowest BCUT2D eigenvalue weighted by atomic mass is 9.58. The summed E-state index contributed by atoms with van der Waals surface area (Å²) in [5, 5.41) is 0. The summed E-state index contributed by atoms with van der Waals surface area (Å²) >= 11 is 0. The molecule has 3 aliphatic rings. The van der Waals surface area contributed by atoms with Crippen molar-refractivity contribution in [1.82, 2.24) is 4.90 Å². The van der Waals surface area contributed by atoms with Gasteiger partial charge in [0.2, 0.25) is 11.4 Å². The molecule has 1 aromatic carbocycles. The first-order valence-electron chi connectivity index (χ1n) is 15.1. The van der Waals surface area contributed by atoms with Gasteiger partial charge in [-0.25, -0.2) is 0 Å². The van der Waals surface area contributed by atoms with E-state index >= 15 is 0 Å². The van der Waals surface area contributed by atoms with Crippen molar-refractivity contribution in [1.29, 1.82) is 0 Å². The predicted molar refractivity (Wildman–Crippen MR) is 165 cm³/mol. The van der Waals surface area contributed by atoms with E-state index in [0.29, 0.717) is 17.9 Å². The fraction of sp³-hybridized carbons (Fsp3) is 0.515. The fourth-order valence-electron chi connectivity index (χ4n) is 6.95. The van der Waals surface area contributed by atoms with E-state index in [2.05, 4.69) is 0 Å². The van der Waals surface area contributed by atoms with E-state index in [1.165, 1.54) is 0 Å². The first-order chi connectivity index (χ1) is 21.6. The first-order valence-corrected chi connectivity index (χ1v) is 15.1. The molecule has 0 heterocycles. The van der Waals surface area contributed by atoms with Gasteiger partial charge >= 0.3 is 17.9 Å². The predicted octanol–water partition coefficient (Wildman–Crippen LogP) is 2.24. The number of hydrogen-bond donors (Lipinski definition) is 1. The van der Waals surface area contributed by atoms with E-state index in [1.807, 2.05) is 32.0 Å². The summed E-state index contributed by atoms with van der Waals surface area (Å²) in [4.78, 5) is 83.6. The van der Waals surface area contributed by atoms with Crippen molar-refractivity contribution in [3.63, 3.8) is 0 Å². The topological polar surface area (TPSA) is 172 Å². The van der Waals surface area contributed by atoms with Crippen molar-refractivity contribution in [2.75, 3.05) is 39.7 Å². The summed E-state index contributed by atoms with van der Waals surface area (Å²) in [6, 6.07) is 2.52. The van der Waals surface area contributed by atoms with Crippen LogP contribution in [0.3, 0.4) is 0 Å². The van der Waals surface area contributed by atoms with Gasteiger partial charge < -0.3 is 29.6 Å². The molecule has 4 unspecified atom stereocenters. The molecule has 46 heavy (non-hydrogen) atoms. The maximum atomic E-state index is 14.7. The van der Waals surface area contributed by atoms with Gasteiger partial charge in [0.25, 0.3) is 5.91 Å². The van der Waals surface area contributed by atoms with E-state index in [1.54, 1.807) is 25.1 Å². The van der Waals surface area contributed by atoms with Crippen LogP contribution in [0.5, 0.6) is 5.75 Å². The maximum absolute atomic E-state index is 14.7. The highest BCUT2D eigenvalue weighted by molar-refractivity contribution is 6.25. The van der Waals surface area contributed by atoms with E-state index in [9.17, 15) is 28.8 Å². The minimum absolute atomic E-state index is 0.0394. The Labute approximate surface area is 267 Å². The van der Waals surface area contributed by atoms with Gasteiger partial charge in [-0.15, -0.1) is 0 Å². The maximum Gasteiger partial charge on any atom is 0.307 e. The number of unbranched alkanes of at least 4 members (excludes halogenated alkanes) is 1. The monoisotopic (exact) mass is 639 g/mol. The van der Waals surface area contributed by atoms with E-state index in [4.69, 9.17) is 24.7 Å². The molecule has 13 nitrogen and oxygen atoms in total. The van der Waals surface area contributed by atoms with Crippen LogP contribution in [0.2, 0.25) is 0 Å². The Balaban J connectivity index is 2.13. The summed E-state index contributed by atoms with van der Waals surface area (Å²) in [6.45, 7) is 5.62. The van der Waals surface area contributed by atoms with Crippen LogP contribution in [0, 0.1) is 11.8 Å². The number of allylic oxidation sites excluding steroid dienone is 1. The molecule has 0 aromatic heterocycles. The number of nitrogens with zero attached hydrogens (tertiary/aromatic N) is 2. The largest absolute Gasteiger partial charge is 0.493 e. The van der Waals surface area contributed by atoms with Crippen LogP contribution in [-0.2, 0) is 44.6 Å². The van der Waals surface area contributed by atoms with Crippen LogP contribution in [0.25, 0.3) is 0 Å². The van der Waals surface area contributed by atoms with Gasteiger partial charge in [0.1, 0.15) is 17.1 Å². The minimum atomic E-state index is -2.47. The van der Waals surface area contributed by atoms with Crippen molar-refractivity contribution in [3.8, 4) is 5.75 Å². The quantitative estimate of drug-likeness (QED) is 0.172. The molecule has 0 spiro atoms. The Kier molecular flexibility index (Phi) is 9.76. The highest BCUT2D eigenvalue weighted by Crippen LogP contribution is 2.56. The second-order valence-corrected chi connectivity index (χ2v) is 12.2. The number of carbonyl (C=O) groups is 6. The molecule has 3 aliphatic carbocycles. The van der Waals surface area contributed by atoms with Crippen molar-refractivity contribution >= 4 is 41.1 Å². The van der Waals surface area contributed by atoms with Gasteiger partial charge in [-0.05, 0) is 57.0 Å². The van der Waals surface area contributed by atoms with Crippen LogP contribution in [0.15, 0.2) is 34.8 Å². The highest BCUT2D eigenvalue weighted by Gasteiger charge is 2.67. The van der Waals surface area contributed by atoms with Gasteiger partial charge in [0.05, 0.1) is 18.2 Å². The molecule has 248 valence electrons. The molecule has 0 bridgehead atoms. The first kappa shape index (κ1) is 34.4. The number of nitrogens with two attached hydrogens (primary N) is 1. The van der Waals surface area contributed by atoms with Gasteiger partial charge in [0.15, 0.2) is 11.5 Å². The van der Waals surface area contributed by atoms with E-state index in [0.717, 1.165) is 39.3 Å². The number of hydrogen-bond acceptors (Lipinski definition) is 12. The number of carbonyl (C=O) groups excluding carboxylic acids is 6. The lowest BCUT2D eigenvalue weighted by Gasteiger charge is -2.52. The molecule has 0 saturated heterocycles. The summed E-state index contributed by atoms with van der Waals surface area (Å²) in [7, 11) is 6.95. The number of anilines is 1. The molecule has 1 amide bonds. The van der Waals surface area contributed by atoms with Crippen LogP contribution >= 0.6 is 0 Å². The number of likely N-dealkylation sites (N-methyl/N-ethyl adjacent to an activating group) is 1. The van der Waals surface area contributed by atoms with E-state index < -0.39 is 70.2 Å². The Bertz CT molecular complexity index is 1570. The zero-order valence-electron chi connectivity index (χ0n) is 27.5. The Morgan fingerprint density at radius 1 is 0.978 bits per heavy atom. The smallest absolute Gasteiger partial charge is 0.307 e. The lowest BCUT2D eigenvalue weighted by molar-refractivity contribution is -0.181. The zero-order chi connectivity index (χ0) is 34.2. The number of primary amides is 1. The third-order valence-corrected chi connectivity index (χ3v) is 8.53. The Hall–Kier alpha value is -4.52. The van der Waals surface area contributed by atoms with Crippen LogP contribution in [0.4, 0.5) is 5.69 Å². The zero-order valence-corrected chi connectivity index (χ0v) is 27.5. The van der Waals surface area contributed by atoms with Gasteiger partial charge in [-0.2, -0.15) is 0 Å². The van der Waals surface area contributed by atoms with Gasteiger partial charge in [0, 0.05) is 52.0 Å². The number of Topliss-reactive ketones (excluding diaryl/α,β-unsaturated/α-hetero) is 2. The van der Waals surface area contributed by atoms with Crippen LogP contribution in [0.1, 0.15) is 62.9 Å². The third kappa shape index (κ3) is 5.79. The number of esters is 3. The standard InChI is InChI=1S/C33H41N3O10/c1-9-10-13-43-23-12-11-22(35(5)6)20-14-19-15-21-27(36(7)8)29(44-16(2)37)26(32(34)42)30(41)33(21,46-18(4)39)31(45-17(3)38)24(19)28(40)25(20)23/h11-12,19,21,27H,9-10,13-15H2,1-8H3,(H2,34,42). The molecular weight excluding hydrogens is 598 g/mol. The second-order valence-electron chi connectivity index (χ2n) is 12.2. The number of ether oxygens (including phenoxy) is 4. The summed E-state index contributed by atoms with van der Waals surface area (Å²) in [5.41, 5.74) is 4.18. The molecule has 0 saturated carbocycles. The summed E-state index contributed by atoms with van der Waals surface area (Å²) < 4.78 is 23.1. The third-order valence-electron chi connectivity index (χ3n) is 8.53. The SMILES string of the molecule is CCCCOc1ccc(N(C)C)c2c1C(=O)C1=C(OC(C)=O)C3(OC(C)=O)C(=O)C(C(N)=O)=C(OC(C)=O)C(N(C)C)C3CC1C2. The molecule has 0 fully saturated rings. The summed E-state index contributed by atoms with van der Waals surface area (Å²) in [5.74, 6) is -7.81. The molecule has 4 atom stereocenters. The van der Waals surface area contributed by atoms with Crippen LogP contribution in [-0.4, -0.2) is 86.7 Å². The van der Waals surface area contributed by atoms with Gasteiger partial charge in [-0.1, -0.05) is 13.3 Å². The molecule has 2 N–H and O–H groups in total. The molecule has 13 heteroatoms. The van der Waals surface area contributed by atoms with Crippen molar-refractivity contribution in [3.05, 3.63) is 45.9 Å². The average Bonchev–Trinajstić information content (AvgIpc) is 2.93. The normalized spacial score (nSPS) is 23.7. The van der Waals surface area contributed by atoms with Crippen molar-refractivity contribution in [2.24, 2.45) is 17.6 Å². The number of amides is 1. The molecule has 4 rings (SSSR count). The Morgan fingerprint density at radius 2 is 1.63 bits per heavy atom. The highest BCUT2D eigenvalue weighted by atomic mass is 16.6. The fourth-order valence-corrected chi connectivity index (χ4v) is 6.95. The number of fused-ring (bicyclic) bond motifs is 3. The lowest BCUT2D eigenvalue weighted by Crippen LogP contribution is -2.66. The number of rotatable bonds is 10. The second kappa shape index (κ2) is 13.1. The Morgan fingerprint density at radius 3 is 2.15 bits per heavy atom. The van der Waals surface area contributed by atoms with Crippen molar-refractivity contribution < 1.29 is 47.7 Å². The van der Waals surface area contributed by atoms with E-state index in [-0.39, 0.29) is 29.7 Å². The number of benzene rings is 1. The van der Waals surface area contributed by atoms with Crippen LogP contribution < -0.4 is 15.4 Å². The van der Waals surface area contributed by atoms with Crippen molar-refractivity contribution in [2.45, 2.75) is 65.0 Å². The van der Waals surface area contributed by atoms with Gasteiger partial charge in [-0.3, -0.25) is 33.7 Å². The minimum Gasteiger partial charge on any atom is -0.493 e. The molecule has 1 aromatic rings. The molecular formula is C33H41N3O10.